The van der Waals surface area contributed by atoms with Crippen LogP contribution in [-0.2, 0) is 0 Å². The normalized spacial score (nSPS) is 13.4. The van der Waals surface area contributed by atoms with E-state index in [0.29, 0.717) is 0 Å². The molecule has 5 heteroatoms. The van der Waals surface area contributed by atoms with E-state index in [1.54, 1.807) is 12.1 Å². The molecule has 1 N–H and O–H groups in total. The second-order valence-electron chi connectivity index (χ2n) is 2.64. The summed E-state index contributed by atoms with van der Waals surface area (Å²) in [6, 6.07) is 7.42. The Kier molecular flexibility index (Phi) is 3.19. The predicted molar refractivity (Wildman–Crippen MR) is 50.0 cm³/mol. The van der Waals surface area contributed by atoms with Crippen molar-refractivity contribution in [2.45, 2.75) is 10.9 Å². The highest BCUT2D eigenvalue weighted by Gasteiger charge is 2.37. The first-order valence-corrected chi connectivity index (χ1v) is 4.50. The number of aliphatic hydroxyl groups is 1. The van der Waals surface area contributed by atoms with Crippen LogP contribution in [0, 0.1) is 11.3 Å². The molecular formula is C9H6BrF2NO. The average molecular weight is 262 g/mol. The van der Waals surface area contributed by atoms with E-state index in [-0.39, 0.29) is 11.1 Å². The summed E-state index contributed by atoms with van der Waals surface area (Å²) < 4.78 is 25.4. The van der Waals surface area contributed by atoms with Crippen molar-refractivity contribution in [3.63, 3.8) is 0 Å². The Bertz CT molecular complexity index is 370. The quantitative estimate of drug-likeness (QED) is 0.832. The Hall–Kier alpha value is -0.990. The van der Waals surface area contributed by atoms with Crippen molar-refractivity contribution in [3.8, 4) is 6.07 Å². The van der Waals surface area contributed by atoms with Gasteiger partial charge >= 0.3 is 4.83 Å². The maximum Gasteiger partial charge on any atom is 0.330 e. The third-order valence-corrected chi connectivity index (χ3v) is 2.12. The monoisotopic (exact) mass is 261 g/mol. The van der Waals surface area contributed by atoms with E-state index in [1.165, 1.54) is 18.2 Å². The van der Waals surface area contributed by atoms with Crippen LogP contribution in [0.4, 0.5) is 8.78 Å². The van der Waals surface area contributed by atoms with Crippen LogP contribution in [0.2, 0.25) is 0 Å². The lowest BCUT2D eigenvalue weighted by molar-refractivity contribution is -0.0295. The van der Waals surface area contributed by atoms with Gasteiger partial charge in [0.15, 0.2) is 6.10 Å². The first-order valence-electron chi connectivity index (χ1n) is 3.70. The molecule has 74 valence electrons. The lowest BCUT2D eigenvalue weighted by atomic mass is 10.0. The van der Waals surface area contributed by atoms with Crippen LogP contribution in [0.15, 0.2) is 24.3 Å². The Morgan fingerprint density at radius 2 is 2.00 bits per heavy atom. The molecular weight excluding hydrogens is 256 g/mol. The van der Waals surface area contributed by atoms with Gasteiger partial charge < -0.3 is 5.11 Å². The molecule has 1 unspecified atom stereocenters. The van der Waals surface area contributed by atoms with Crippen LogP contribution >= 0.6 is 15.9 Å². The molecule has 1 aromatic rings. The fraction of sp³-hybridized carbons (Fsp3) is 0.222. The van der Waals surface area contributed by atoms with E-state index in [4.69, 9.17) is 5.26 Å². The number of nitriles is 1. The fourth-order valence-corrected chi connectivity index (χ4v) is 1.26. The Morgan fingerprint density at radius 1 is 1.43 bits per heavy atom. The van der Waals surface area contributed by atoms with Crippen LogP contribution in [0.3, 0.4) is 0 Å². The topological polar surface area (TPSA) is 44.0 Å². The maximum absolute atomic E-state index is 12.7. The number of benzene rings is 1. The molecule has 0 aromatic heterocycles. The molecule has 1 atom stereocenters. The first kappa shape index (κ1) is 11.1. The van der Waals surface area contributed by atoms with E-state index in [9.17, 15) is 13.9 Å². The second kappa shape index (κ2) is 4.03. The summed E-state index contributed by atoms with van der Waals surface area (Å²) in [5.74, 6) is 0. The van der Waals surface area contributed by atoms with Gasteiger partial charge in [0.2, 0.25) is 0 Å². The second-order valence-corrected chi connectivity index (χ2v) is 3.70. The Balaban J connectivity index is 3.14. The van der Waals surface area contributed by atoms with Crippen LogP contribution in [-0.4, -0.2) is 9.94 Å². The third-order valence-electron chi connectivity index (χ3n) is 1.69. The summed E-state index contributed by atoms with van der Waals surface area (Å²) in [6.07, 6.45) is -2.02. The number of hydrogen-bond donors (Lipinski definition) is 1. The van der Waals surface area contributed by atoms with Crippen LogP contribution in [0.25, 0.3) is 0 Å². The summed E-state index contributed by atoms with van der Waals surface area (Å²) in [5.41, 5.74) is -0.0454. The molecule has 0 saturated heterocycles. The molecule has 2 nitrogen and oxygen atoms in total. The van der Waals surface area contributed by atoms with E-state index in [1.807, 2.05) is 0 Å². The first-order chi connectivity index (χ1) is 6.46. The summed E-state index contributed by atoms with van der Waals surface area (Å²) in [6.45, 7) is 0. The fourth-order valence-electron chi connectivity index (χ4n) is 1.01. The standard InChI is InChI=1S/C9H6BrF2NO/c10-9(11,12)8(14)7-4-2-1-3-6(7)5-13/h1-4,8,14H. The number of hydrogen-bond acceptors (Lipinski definition) is 2. The maximum atomic E-state index is 12.7. The van der Waals surface area contributed by atoms with Gasteiger partial charge in [-0.2, -0.15) is 14.0 Å². The van der Waals surface area contributed by atoms with Gasteiger partial charge in [-0.1, -0.05) is 18.2 Å². The molecule has 0 heterocycles. The minimum atomic E-state index is -3.43. The smallest absolute Gasteiger partial charge is 0.330 e. The molecule has 0 radical (unpaired) electrons. The number of aliphatic hydroxyl groups excluding tert-OH is 1. The molecule has 0 aliphatic heterocycles. The summed E-state index contributed by atoms with van der Waals surface area (Å²) >= 11 is 2.05. The minimum Gasteiger partial charge on any atom is -0.381 e. The van der Waals surface area contributed by atoms with Gasteiger partial charge in [0.1, 0.15) is 0 Å². The van der Waals surface area contributed by atoms with E-state index < -0.39 is 10.9 Å². The van der Waals surface area contributed by atoms with E-state index in [2.05, 4.69) is 15.9 Å². The minimum absolute atomic E-state index is 0.0409. The average Bonchev–Trinajstić information content (AvgIpc) is 2.15. The van der Waals surface area contributed by atoms with E-state index in [0.717, 1.165) is 0 Å². The zero-order chi connectivity index (χ0) is 10.8. The van der Waals surface area contributed by atoms with Crippen LogP contribution in [0.1, 0.15) is 17.2 Å². The Labute approximate surface area is 87.9 Å². The summed E-state index contributed by atoms with van der Waals surface area (Å²) in [7, 11) is 0. The van der Waals surface area contributed by atoms with Gasteiger partial charge in [-0.15, -0.1) is 0 Å². The number of halogens is 3. The third kappa shape index (κ3) is 2.28. The zero-order valence-corrected chi connectivity index (χ0v) is 8.50. The lowest BCUT2D eigenvalue weighted by Crippen LogP contribution is -2.19. The van der Waals surface area contributed by atoms with E-state index >= 15 is 0 Å². The Morgan fingerprint density at radius 3 is 2.50 bits per heavy atom. The van der Waals surface area contributed by atoms with Crippen molar-refractivity contribution < 1.29 is 13.9 Å². The molecule has 1 rings (SSSR count). The van der Waals surface area contributed by atoms with Crippen molar-refractivity contribution in [3.05, 3.63) is 35.4 Å². The molecule has 0 aliphatic rings. The molecule has 0 aliphatic carbocycles. The van der Waals surface area contributed by atoms with Gasteiger partial charge in [-0.3, -0.25) is 0 Å². The number of rotatable bonds is 2. The summed E-state index contributed by atoms with van der Waals surface area (Å²) in [5, 5.41) is 17.8. The van der Waals surface area contributed by atoms with Gasteiger partial charge in [0.05, 0.1) is 11.6 Å². The highest BCUT2D eigenvalue weighted by molar-refractivity contribution is 9.10. The number of alkyl halides is 3. The molecule has 1 aromatic carbocycles. The molecule has 0 fully saturated rings. The van der Waals surface area contributed by atoms with Crippen molar-refractivity contribution in [2.24, 2.45) is 0 Å². The lowest BCUT2D eigenvalue weighted by Gasteiger charge is -2.17. The van der Waals surface area contributed by atoms with Gasteiger partial charge in [0, 0.05) is 5.56 Å². The van der Waals surface area contributed by atoms with Crippen molar-refractivity contribution in [1.82, 2.24) is 0 Å². The molecule has 14 heavy (non-hydrogen) atoms. The van der Waals surface area contributed by atoms with Crippen LogP contribution < -0.4 is 0 Å². The van der Waals surface area contributed by atoms with Gasteiger partial charge in [-0.05, 0) is 22.0 Å². The highest BCUT2D eigenvalue weighted by atomic mass is 79.9. The van der Waals surface area contributed by atoms with Crippen molar-refractivity contribution >= 4 is 15.9 Å². The largest absolute Gasteiger partial charge is 0.381 e. The highest BCUT2D eigenvalue weighted by Crippen LogP contribution is 2.37. The molecule has 0 bridgehead atoms. The van der Waals surface area contributed by atoms with Gasteiger partial charge in [0.25, 0.3) is 0 Å². The van der Waals surface area contributed by atoms with Gasteiger partial charge in [-0.25, -0.2) is 0 Å². The molecule has 0 spiro atoms. The SMILES string of the molecule is N#Cc1ccccc1C(O)C(F)(F)Br. The predicted octanol–water partition coefficient (Wildman–Crippen LogP) is 2.58. The zero-order valence-electron chi connectivity index (χ0n) is 6.92. The van der Waals surface area contributed by atoms with Crippen LogP contribution in [0.5, 0.6) is 0 Å². The molecule has 0 amide bonds. The molecule has 0 saturated carbocycles. The summed E-state index contributed by atoms with van der Waals surface area (Å²) in [4.78, 5) is -3.43. The van der Waals surface area contributed by atoms with Crippen molar-refractivity contribution in [2.75, 3.05) is 0 Å². The number of nitrogens with zero attached hydrogens (tertiary/aromatic N) is 1. The van der Waals surface area contributed by atoms with Crippen molar-refractivity contribution in [1.29, 1.82) is 5.26 Å².